The zero-order chi connectivity index (χ0) is 15.4. The molecule has 0 spiro atoms. The highest BCUT2D eigenvalue weighted by atomic mass is 32.2. The van der Waals surface area contributed by atoms with Gasteiger partial charge in [0.1, 0.15) is 5.82 Å². The number of imidazole rings is 1. The monoisotopic (exact) mass is 315 g/mol. The first kappa shape index (κ1) is 14.6. The molecule has 0 aliphatic rings. The lowest BCUT2D eigenvalue weighted by Gasteiger charge is -2.03. The fourth-order valence-corrected chi connectivity index (χ4v) is 2.91. The molecule has 0 radical (unpaired) electrons. The van der Waals surface area contributed by atoms with Crippen LogP contribution in [0.3, 0.4) is 0 Å². The Balaban J connectivity index is 1.53. The van der Waals surface area contributed by atoms with Crippen molar-refractivity contribution in [2.45, 2.75) is 11.3 Å². The van der Waals surface area contributed by atoms with Crippen molar-refractivity contribution >= 4 is 34.7 Å². The van der Waals surface area contributed by atoms with Gasteiger partial charge in [-0.3, -0.25) is 10.1 Å². The lowest BCUT2D eigenvalue weighted by atomic mass is 10.3. The van der Waals surface area contributed by atoms with Crippen LogP contribution in [0.15, 0.2) is 53.4 Å². The lowest BCUT2D eigenvalue weighted by Crippen LogP contribution is -2.13. The molecule has 0 saturated heterocycles. The van der Waals surface area contributed by atoms with E-state index in [0.29, 0.717) is 16.6 Å². The third kappa shape index (κ3) is 3.46. The summed E-state index contributed by atoms with van der Waals surface area (Å²) in [5, 5.41) is 2.72. The number of hydrogen-bond donors (Lipinski definition) is 2. The first-order valence-corrected chi connectivity index (χ1v) is 7.83. The predicted molar refractivity (Wildman–Crippen MR) is 86.5 cm³/mol. The molecule has 0 aliphatic heterocycles. The van der Waals surface area contributed by atoms with Crippen molar-refractivity contribution in [3.8, 4) is 0 Å². The van der Waals surface area contributed by atoms with E-state index in [1.54, 1.807) is 18.2 Å². The van der Waals surface area contributed by atoms with Gasteiger partial charge in [-0.15, -0.1) is 11.8 Å². The zero-order valence-electron chi connectivity index (χ0n) is 11.7. The number of thioether (sulfide) groups is 1. The van der Waals surface area contributed by atoms with E-state index in [1.165, 1.54) is 17.8 Å². The number of carbonyl (C=O) groups excluding carboxylic acids is 1. The number of hydrogen-bond acceptors (Lipinski definition) is 3. The van der Waals surface area contributed by atoms with Crippen molar-refractivity contribution < 1.29 is 9.18 Å². The molecule has 0 saturated carbocycles. The molecule has 6 heteroatoms. The van der Waals surface area contributed by atoms with E-state index in [-0.39, 0.29) is 18.1 Å². The Morgan fingerprint density at radius 2 is 1.95 bits per heavy atom. The summed E-state index contributed by atoms with van der Waals surface area (Å²) >= 11 is 1.32. The highest BCUT2D eigenvalue weighted by Crippen LogP contribution is 2.22. The van der Waals surface area contributed by atoms with Crippen LogP contribution in [0.2, 0.25) is 0 Å². The molecule has 2 N–H and O–H groups in total. The Labute approximate surface area is 131 Å². The van der Waals surface area contributed by atoms with Gasteiger partial charge in [0, 0.05) is 17.1 Å². The first-order chi connectivity index (χ1) is 10.7. The second kappa shape index (κ2) is 6.62. The summed E-state index contributed by atoms with van der Waals surface area (Å²) in [6.07, 6.45) is 0.288. The van der Waals surface area contributed by atoms with Gasteiger partial charge in [-0.05, 0) is 24.3 Å². The number of carbonyl (C=O) groups is 1. The molecule has 0 atom stereocenters. The van der Waals surface area contributed by atoms with Crippen molar-refractivity contribution in [2.24, 2.45) is 0 Å². The summed E-state index contributed by atoms with van der Waals surface area (Å²) in [6, 6.07) is 14.1. The summed E-state index contributed by atoms with van der Waals surface area (Å²) in [5.74, 6) is 0.530. The molecule has 2 aromatic carbocycles. The lowest BCUT2D eigenvalue weighted by molar-refractivity contribution is -0.115. The van der Waals surface area contributed by atoms with Gasteiger partial charge in [-0.25, -0.2) is 9.37 Å². The van der Waals surface area contributed by atoms with E-state index in [9.17, 15) is 9.18 Å². The number of halogens is 1. The van der Waals surface area contributed by atoms with Crippen LogP contribution >= 0.6 is 11.8 Å². The second-order valence-electron chi connectivity index (χ2n) is 4.68. The molecule has 3 rings (SSSR count). The van der Waals surface area contributed by atoms with Crippen LogP contribution in [-0.2, 0) is 4.79 Å². The summed E-state index contributed by atoms with van der Waals surface area (Å²) < 4.78 is 13.4. The molecule has 3 aromatic rings. The Bertz CT molecular complexity index is 770. The van der Waals surface area contributed by atoms with Gasteiger partial charge >= 0.3 is 0 Å². The number of fused-ring (bicyclic) bond motifs is 1. The van der Waals surface area contributed by atoms with Crippen molar-refractivity contribution in [3.05, 3.63) is 54.3 Å². The number of benzene rings is 2. The molecular weight excluding hydrogens is 301 g/mol. The molecule has 1 aromatic heterocycles. The van der Waals surface area contributed by atoms with Crippen LogP contribution < -0.4 is 5.32 Å². The predicted octanol–water partition coefficient (Wildman–Crippen LogP) is 3.82. The molecule has 0 fully saturated rings. The van der Waals surface area contributed by atoms with E-state index in [2.05, 4.69) is 15.3 Å². The Morgan fingerprint density at radius 3 is 2.77 bits per heavy atom. The van der Waals surface area contributed by atoms with Gasteiger partial charge in [0.05, 0.1) is 11.0 Å². The van der Waals surface area contributed by atoms with E-state index >= 15 is 0 Å². The number of aromatic nitrogens is 2. The number of H-pyrrole nitrogens is 1. The summed E-state index contributed by atoms with van der Waals surface area (Å²) in [7, 11) is 0. The molecule has 1 amide bonds. The molecule has 0 bridgehead atoms. The molecule has 1 heterocycles. The minimum absolute atomic E-state index is 0.150. The zero-order valence-corrected chi connectivity index (χ0v) is 12.5. The van der Waals surface area contributed by atoms with Crippen LogP contribution in [0.25, 0.3) is 11.0 Å². The normalized spacial score (nSPS) is 10.8. The van der Waals surface area contributed by atoms with E-state index < -0.39 is 0 Å². The van der Waals surface area contributed by atoms with Crippen LogP contribution in [0.5, 0.6) is 0 Å². The molecule has 0 unspecified atom stereocenters. The average molecular weight is 315 g/mol. The second-order valence-corrected chi connectivity index (χ2v) is 5.82. The van der Waals surface area contributed by atoms with E-state index in [0.717, 1.165) is 11.0 Å². The SMILES string of the molecule is O=C(CCSc1ccccc1F)Nc1nc2ccccc2[nH]1. The summed E-state index contributed by atoms with van der Waals surface area (Å²) in [5.41, 5.74) is 1.68. The third-order valence-corrected chi connectivity index (χ3v) is 4.12. The van der Waals surface area contributed by atoms with Crippen LogP contribution in [0.4, 0.5) is 10.3 Å². The first-order valence-electron chi connectivity index (χ1n) is 6.84. The number of nitrogens with zero attached hydrogens (tertiary/aromatic N) is 1. The van der Waals surface area contributed by atoms with Crippen molar-refractivity contribution in [3.63, 3.8) is 0 Å². The van der Waals surface area contributed by atoms with Gasteiger partial charge in [0.2, 0.25) is 11.9 Å². The third-order valence-electron chi connectivity index (χ3n) is 3.07. The topological polar surface area (TPSA) is 57.8 Å². The molecule has 4 nitrogen and oxygen atoms in total. The number of aromatic amines is 1. The highest BCUT2D eigenvalue weighted by molar-refractivity contribution is 7.99. The summed E-state index contributed by atoms with van der Waals surface area (Å²) in [4.78, 5) is 19.8. The van der Waals surface area contributed by atoms with Crippen molar-refractivity contribution in [2.75, 3.05) is 11.1 Å². The molecular formula is C16H14FN3OS. The fraction of sp³-hybridized carbons (Fsp3) is 0.125. The van der Waals surface area contributed by atoms with Crippen LogP contribution in [-0.4, -0.2) is 21.6 Å². The van der Waals surface area contributed by atoms with E-state index in [1.807, 2.05) is 24.3 Å². The highest BCUT2D eigenvalue weighted by Gasteiger charge is 2.08. The minimum Gasteiger partial charge on any atom is -0.324 e. The van der Waals surface area contributed by atoms with Crippen LogP contribution in [0.1, 0.15) is 6.42 Å². The average Bonchev–Trinajstić information content (AvgIpc) is 2.91. The molecule has 0 aliphatic carbocycles. The van der Waals surface area contributed by atoms with Gasteiger partial charge < -0.3 is 4.98 Å². The van der Waals surface area contributed by atoms with Gasteiger partial charge in [-0.1, -0.05) is 24.3 Å². The smallest absolute Gasteiger partial charge is 0.227 e. The van der Waals surface area contributed by atoms with Crippen LogP contribution in [0, 0.1) is 5.82 Å². The maximum absolute atomic E-state index is 13.4. The number of anilines is 1. The largest absolute Gasteiger partial charge is 0.324 e. The Kier molecular flexibility index (Phi) is 4.39. The molecule has 112 valence electrons. The van der Waals surface area contributed by atoms with Gasteiger partial charge in [-0.2, -0.15) is 0 Å². The molecule has 22 heavy (non-hydrogen) atoms. The maximum Gasteiger partial charge on any atom is 0.227 e. The number of nitrogens with one attached hydrogen (secondary N) is 2. The number of amides is 1. The number of rotatable bonds is 5. The number of para-hydroxylation sites is 2. The van der Waals surface area contributed by atoms with E-state index in [4.69, 9.17) is 0 Å². The minimum atomic E-state index is -0.259. The summed E-state index contributed by atoms with van der Waals surface area (Å²) in [6.45, 7) is 0. The quantitative estimate of drug-likeness (QED) is 0.704. The van der Waals surface area contributed by atoms with Gasteiger partial charge in [0.25, 0.3) is 0 Å². The Hall–Kier alpha value is -2.34. The Morgan fingerprint density at radius 1 is 1.18 bits per heavy atom. The standard InChI is InChI=1S/C16H14FN3OS/c17-11-5-1-4-8-14(11)22-10-9-15(21)20-16-18-12-6-2-3-7-13(12)19-16/h1-8H,9-10H2,(H2,18,19,20,21). The maximum atomic E-state index is 13.4. The van der Waals surface area contributed by atoms with Gasteiger partial charge in [0.15, 0.2) is 0 Å². The fourth-order valence-electron chi connectivity index (χ4n) is 2.02. The van der Waals surface area contributed by atoms with Crippen molar-refractivity contribution in [1.82, 2.24) is 9.97 Å². The van der Waals surface area contributed by atoms with Crippen molar-refractivity contribution in [1.29, 1.82) is 0 Å².